The molecule has 0 fully saturated rings. The van der Waals surface area contributed by atoms with Gasteiger partial charge in [0.25, 0.3) is 0 Å². The molecule has 0 aliphatic rings. The van der Waals surface area contributed by atoms with Crippen molar-refractivity contribution >= 4 is 14.7 Å². The van der Waals surface area contributed by atoms with Crippen LogP contribution in [-0.2, 0) is 4.74 Å². The summed E-state index contributed by atoms with van der Waals surface area (Å²) in [7, 11) is 0.721. The highest BCUT2D eigenvalue weighted by atomic mass is 31.1. The van der Waals surface area contributed by atoms with Crippen molar-refractivity contribution in [2.75, 3.05) is 12.3 Å². The van der Waals surface area contributed by atoms with E-state index in [9.17, 15) is 9.90 Å². The second kappa shape index (κ2) is 7.30. The van der Waals surface area contributed by atoms with Gasteiger partial charge in [0.2, 0.25) is 0 Å². The number of carbonyl (C=O) groups is 1. The van der Waals surface area contributed by atoms with Crippen LogP contribution < -0.4 is 5.32 Å². The zero-order chi connectivity index (χ0) is 14.4. The van der Waals surface area contributed by atoms with Crippen molar-refractivity contribution in [3.05, 3.63) is 0 Å². The van der Waals surface area contributed by atoms with Gasteiger partial charge in [-0.25, -0.2) is 4.79 Å². The maximum absolute atomic E-state index is 11.6. The third-order valence-corrected chi connectivity index (χ3v) is 4.40. The van der Waals surface area contributed by atoms with Gasteiger partial charge in [-0.3, -0.25) is 0 Å². The van der Waals surface area contributed by atoms with Crippen LogP contribution in [0.5, 0.6) is 0 Å². The molecule has 0 spiro atoms. The number of nitrogens with one attached hydrogen (secondary N) is 1. The summed E-state index contributed by atoms with van der Waals surface area (Å²) in [5.41, 5.74) is -1.40. The number of hydrogen-bond donors (Lipinski definition) is 2. The molecular weight excluding hydrogens is 249 g/mol. The fraction of sp³-hybridized carbons (Fsp3) is 0.923. The number of carbonyl (C=O) groups excluding carboxylic acids is 1. The maximum Gasteiger partial charge on any atom is 0.407 e. The third-order valence-electron chi connectivity index (χ3n) is 2.58. The zero-order valence-electron chi connectivity index (χ0n) is 12.5. The van der Waals surface area contributed by atoms with Crippen molar-refractivity contribution in [3.8, 4) is 0 Å². The predicted octanol–water partition coefficient (Wildman–Crippen LogP) is 2.74. The van der Waals surface area contributed by atoms with Crippen LogP contribution >= 0.6 is 8.58 Å². The van der Waals surface area contributed by atoms with Crippen LogP contribution in [0.4, 0.5) is 4.79 Å². The first kappa shape index (κ1) is 17.7. The molecule has 0 aromatic heterocycles. The molecule has 0 aromatic carbocycles. The van der Waals surface area contributed by atoms with Gasteiger partial charge in [0.05, 0.1) is 11.6 Å². The van der Waals surface area contributed by atoms with Gasteiger partial charge >= 0.3 is 6.09 Å². The van der Waals surface area contributed by atoms with E-state index in [1.165, 1.54) is 0 Å². The molecule has 0 rings (SSSR count). The van der Waals surface area contributed by atoms with Crippen LogP contribution in [0, 0.1) is 0 Å². The molecule has 0 aliphatic heterocycles. The lowest BCUT2D eigenvalue weighted by Crippen LogP contribution is -2.51. The SMILES string of the molecule is CCCPCC(C)(O)C(C)NC(=O)OC(C)(C)C. The van der Waals surface area contributed by atoms with Crippen molar-refractivity contribution in [2.45, 2.75) is 65.2 Å². The van der Waals surface area contributed by atoms with Gasteiger partial charge in [-0.15, -0.1) is 8.58 Å². The second-order valence-corrected chi connectivity index (χ2v) is 7.26. The summed E-state index contributed by atoms with van der Waals surface area (Å²) in [6.07, 6.45) is 2.48. The predicted molar refractivity (Wildman–Crippen MR) is 77.8 cm³/mol. The number of rotatable bonds is 6. The molecule has 18 heavy (non-hydrogen) atoms. The van der Waals surface area contributed by atoms with E-state index in [0.717, 1.165) is 21.2 Å². The molecule has 1 amide bonds. The van der Waals surface area contributed by atoms with Crippen LogP contribution in [0.3, 0.4) is 0 Å². The highest BCUT2D eigenvalue weighted by Crippen LogP contribution is 2.22. The summed E-state index contributed by atoms with van der Waals surface area (Å²) in [4.78, 5) is 11.6. The topological polar surface area (TPSA) is 58.6 Å². The first-order valence-electron chi connectivity index (χ1n) is 6.51. The first-order valence-corrected chi connectivity index (χ1v) is 7.92. The lowest BCUT2D eigenvalue weighted by Gasteiger charge is -2.31. The van der Waals surface area contributed by atoms with Crippen molar-refractivity contribution in [1.82, 2.24) is 5.32 Å². The van der Waals surface area contributed by atoms with E-state index < -0.39 is 17.3 Å². The maximum atomic E-state index is 11.6. The zero-order valence-corrected chi connectivity index (χ0v) is 13.5. The molecule has 0 bridgehead atoms. The fourth-order valence-corrected chi connectivity index (χ4v) is 2.65. The monoisotopic (exact) mass is 277 g/mol. The molecule has 108 valence electrons. The van der Waals surface area contributed by atoms with Gasteiger partial charge in [-0.2, -0.15) is 0 Å². The first-order chi connectivity index (χ1) is 8.08. The number of aliphatic hydroxyl groups is 1. The van der Waals surface area contributed by atoms with Crippen LogP contribution in [0.15, 0.2) is 0 Å². The highest BCUT2D eigenvalue weighted by molar-refractivity contribution is 7.38. The summed E-state index contributed by atoms with van der Waals surface area (Å²) >= 11 is 0. The van der Waals surface area contributed by atoms with E-state index in [2.05, 4.69) is 12.2 Å². The summed E-state index contributed by atoms with van der Waals surface area (Å²) in [6.45, 7) is 11.1. The van der Waals surface area contributed by atoms with Gasteiger partial charge in [-0.05, 0) is 46.9 Å². The summed E-state index contributed by atoms with van der Waals surface area (Å²) < 4.78 is 5.17. The van der Waals surface area contributed by atoms with Crippen molar-refractivity contribution in [2.24, 2.45) is 0 Å². The van der Waals surface area contributed by atoms with Crippen molar-refractivity contribution < 1.29 is 14.6 Å². The second-order valence-electron chi connectivity index (χ2n) is 5.90. The minimum Gasteiger partial charge on any atom is -0.444 e. The molecule has 5 heteroatoms. The average molecular weight is 277 g/mol. The van der Waals surface area contributed by atoms with Crippen molar-refractivity contribution in [3.63, 3.8) is 0 Å². The van der Waals surface area contributed by atoms with Crippen LogP contribution in [-0.4, -0.2) is 40.8 Å². The quantitative estimate of drug-likeness (QED) is 0.580. The van der Waals surface area contributed by atoms with E-state index in [4.69, 9.17) is 4.74 Å². The van der Waals surface area contributed by atoms with E-state index in [1.807, 2.05) is 20.8 Å². The molecule has 0 saturated carbocycles. The Balaban J connectivity index is 4.20. The van der Waals surface area contributed by atoms with Crippen molar-refractivity contribution in [1.29, 1.82) is 0 Å². The fourth-order valence-electron chi connectivity index (χ4n) is 1.31. The van der Waals surface area contributed by atoms with E-state index in [1.54, 1.807) is 13.8 Å². The Hall–Kier alpha value is -0.340. The molecule has 0 radical (unpaired) electrons. The molecule has 4 nitrogen and oxygen atoms in total. The standard InChI is InChI=1S/C13H28NO3P/c1-7-8-18-9-13(6,16)10(2)14-11(15)17-12(3,4)5/h10,16,18H,7-9H2,1-6H3,(H,14,15). The Labute approximate surface area is 113 Å². The minimum atomic E-state index is -0.884. The van der Waals surface area contributed by atoms with E-state index in [0.29, 0.717) is 6.16 Å². The van der Waals surface area contributed by atoms with E-state index in [-0.39, 0.29) is 6.04 Å². The van der Waals surface area contributed by atoms with Gasteiger partial charge in [0.1, 0.15) is 5.60 Å². The average Bonchev–Trinajstić information content (AvgIpc) is 2.14. The number of ether oxygens (including phenoxy) is 1. The van der Waals surface area contributed by atoms with Gasteiger partial charge in [-0.1, -0.05) is 13.3 Å². The Morgan fingerprint density at radius 1 is 1.39 bits per heavy atom. The van der Waals surface area contributed by atoms with Crippen LogP contribution in [0.25, 0.3) is 0 Å². The van der Waals surface area contributed by atoms with Crippen LogP contribution in [0.2, 0.25) is 0 Å². The smallest absolute Gasteiger partial charge is 0.407 e. The summed E-state index contributed by atoms with van der Waals surface area (Å²) in [5, 5.41) is 13.0. The van der Waals surface area contributed by atoms with Crippen LogP contribution in [0.1, 0.15) is 48.0 Å². The Morgan fingerprint density at radius 2 is 1.94 bits per heavy atom. The minimum absolute atomic E-state index is 0.322. The molecular formula is C13H28NO3P. The molecule has 3 unspecified atom stereocenters. The van der Waals surface area contributed by atoms with Gasteiger partial charge in [0.15, 0.2) is 0 Å². The third kappa shape index (κ3) is 7.88. The lowest BCUT2D eigenvalue weighted by molar-refractivity contribution is 0.0234. The Kier molecular flexibility index (Phi) is 7.16. The highest BCUT2D eigenvalue weighted by Gasteiger charge is 2.30. The van der Waals surface area contributed by atoms with Gasteiger partial charge < -0.3 is 15.2 Å². The summed E-state index contributed by atoms with van der Waals surface area (Å²) in [5.74, 6) is 0. The summed E-state index contributed by atoms with van der Waals surface area (Å²) in [6, 6.07) is -0.322. The number of amides is 1. The normalized spacial score (nSPS) is 17.5. The number of hydrogen-bond acceptors (Lipinski definition) is 3. The molecule has 3 atom stereocenters. The largest absolute Gasteiger partial charge is 0.444 e. The Morgan fingerprint density at radius 3 is 2.39 bits per heavy atom. The molecule has 0 heterocycles. The molecule has 2 N–H and O–H groups in total. The number of alkyl carbamates (subject to hydrolysis) is 1. The lowest BCUT2D eigenvalue weighted by atomic mass is 10.0. The van der Waals surface area contributed by atoms with Gasteiger partial charge in [0, 0.05) is 0 Å². The Bertz CT molecular complexity index is 261. The molecule has 0 saturated heterocycles. The molecule has 0 aliphatic carbocycles. The molecule has 0 aromatic rings. The van der Waals surface area contributed by atoms with E-state index >= 15 is 0 Å².